The van der Waals surface area contributed by atoms with Crippen molar-refractivity contribution in [3.8, 4) is 11.5 Å². The van der Waals surface area contributed by atoms with Crippen molar-refractivity contribution < 1.29 is 14.3 Å². The van der Waals surface area contributed by atoms with E-state index in [1.165, 1.54) is 11.8 Å². The van der Waals surface area contributed by atoms with E-state index in [2.05, 4.69) is 20.8 Å². The molecule has 1 N–H and O–H groups in total. The number of thioether (sulfide) groups is 1. The van der Waals surface area contributed by atoms with Crippen molar-refractivity contribution in [2.75, 3.05) is 19.0 Å². The van der Waals surface area contributed by atoms with Crippen LogP contribution in [0.3, 0.4) is 0 Å². The first kappa shape index (κ1) is 16.2. The molecule has 8 nitrogen and oxygen atoms in total. The fraction of sp³-hybridized carbons (Fsp3) is 0.500. The Morgan fingerprint density at radius 2 is 2.16 bits per heavy atom. The molecule has 1 amide bonds. The van der Waals surface area contributed by atoms with Crippen LogP contribution in [0, 0.1) is 0 Å². The molecule has 2 heterocycles. The molecule has 9 heteroatoms. The van der Waals surface area contributed by atoms with Crippen LogP contribution in [0.1, 0.15) is 37.4 Å². The fourth-order valence-electron chi connectivity index (χ4n) is 2.65. The molecule has 1 aliphatic heterocycles. The Balaban J connectivity index is 1.33. The number of fused-ring (bicyclic) bond motifs is 1. The smallest absolute Gasteiger partial charge is 0.230 e. The lowest BCUT2D eigenvalue weighted by molar-refractivity contribution is -0.119. The maximum absolute atomic E-state index is 12.2. The number of benzene rings is 1. The molecule has 1 saturated carbocycles. The average molecular weight is 361 g/mol. The van der Waals surface area contributed by atoms with Gasteiger partial charge in [-0.15, -0.1) is 5.10 Å². The first-order chi connectivity index (χ1) is 12.2. The standard InChI is InChI=1S/C16H19N5O3S/c1-10(11-2-5-13-14(8-11)24-7-6-23-13)17-15(22)9-25-16-18-19-20-21(16)12-3-4-12/h2,5,8,10,12H,3-4,6-7,9H2,1H3,(H,17,22)/t10-/m0/s1. The minimum absolute atomic E-state index is 0.0577. The Bertz CT molecular complexity index is 777. The van der Waals surface area contributed by atoms with Gasteiger partial charge >= 0.3 is 0 Å². The molecule has 0 unspecified atom stereocenters. The molecule has 1 atom stereocenters. The Morgan fingerprint density at radius 3 is 2.96 bits per heavy atom. The van der Waals surface area contributed by atoms with E-state index in [9.17, 15) is 4.79 Å². The molecule has 0 spiro atoms. The van der Waals surface area contributed by atoms with Crippen LogP contribution in [0.25, 0.3) is 0 Å². The van der Waals surface area contributed by atoms with Gasteiger partial charge in [0.2, 0.25) is 11.1 Å². The van der Waals surface area contributed by atoms with E-state index in [0.29, 0.717) is 24.4 Å². The van der Waals surface area contributed by atoms with Crippen LogP contribution in [0.2, 0.25) is 0 Å². The van der Waals surface area contributed by atoms with Crippen molar-refractivity contribution in [3.05, 3.63) is 23.8 Å². The summed E-state index contributed by atoms with van der Waals surface area (Å²) in [6.07, 6.45) is 2.21. The van der Waals surface area contributed by atoms with Gasteiger partial charge in [0, 0.05) is 0 Å². The zero-order valence-corrected chi connectivity index (χ0v) is 14.7. The summed E-state index contributed by atoms with van der Waals surface area (Å²) in [5.41, 5.74) is 0.977. The number of hydrogen-bond donors (Lipinski definition) is 1. The summed E-state index contributed by atoms with van der Waals surface area (Å²) >= 11 is 1.36. The molecular weight excluding hydrogens is 342 g/mol. The number of nitrogens with one attached hydrogen (secondary N) is 1. The summed E-state index contributed by atoms with van der Waals surface area (Å²) in [6.45, 7) is 3.06. The molecular formula is C16H19N5O3S. The van der Waals surface area contributed by atoms with Gasteiger partial charge in [0.25, 0.3) is 0 Å². The quantitative estimate of drug-likeness (QED) is 0.784. The van der Waals surface area contributed by atoms with Gasteiger partial charge in [-0.2, -0.15) is 0 Å². The van der Waals surface area contributed by atoms with E-state index in [4.69, 9.17) is 9.47 Å². The summed E-state index contributed by atoms with van der Waals surface area (Å²) < 4.78 is 12.9. The maximum atomic E-state index is 12.2. The van der Waals surface area contributed by atoms with Gasteiger partial charge in [0.05, 0.1) is 17.8 Å². The molecule has 0 radical (unpaired) electrons. The number of aromatic nitrogens is 4. The first-order valence-corrected chi connectivity index (χ1v) is 9.29. The van der Waals surface area contributed by atoms with E-state index in [1.807, 2.05) is 29.8 Å². The zero-order valence-electron chi connectivity index (χ0n) is 13.8. The van der Waals surface area contributed by atoms with Crippen molar-refractivity contribution in [2.24, 2.45) is 0 Å². The van der Waals surface area contributed by atoms with Crippen molar-refractivity contribution in [2.45, 2.75) is 37.0 Å². The molecule has 1 fully saturated rings. The Hall–Kier alpha value is -2.29. The van der Waals surface area contributed by atoms with Crippen LogP contribution in [-0.2, 0) is 4.79 Å². The number of ether oxygens (including phenoxy) is 2. The third kappa shape index (κ3) is 3.71. The highest BCUT2D eigenvalue weighted by atomic mass is 32.2. The second kappa shape index (κ2) is 6.91. The number of amides is 1. The van der Waals surface area contributed by atoms with E-state index in [0.717, 1.165) is 29.9 Å². The second-order valence-corrected chi connectivity index (χ2v) is 7.06. The Kier molecular flexibility index (Phi) is 4.48. The molecule has 25 heavy (non-hydrogen) atoms. The van der Waals surface area contributed by atoms with E-state index in [-0.39, 0.29) is 17.7 Å². The SMILES string of the molecule is C[C@H](NC(=O)CSc1nnnn1C1CC1)c1ccc2c(c1)OCCO2. The second-order valence-electron chi connectivity index (χ2n) is 6.12. The Morgan fingerprint density at radius 1 is 1.36 bits per heavy atom. The number of carbonyl (C=O) groups is 1. The summed E-state index contributed by atoms with van der Waals surface area (Å²) in [5.74, 6) is 1.69. The third-order valence-electron chi connectivity index (χ3n) is 4.13. The molecule has 4 rings (SSSR count). The van der Waals surface area contributed by atoms with Crippen LogP contribution >= 0.6 is 11.8 Å². The maximum Gasteiger partial charge on any atom is 0.230 e. The largest absolute Gasteiger partial charge is 0.486 e. The molecule has 2 aromatic rings. The summed E-state index contributed by atoms with van der Waals surface area (Å²) in [6, 6.07) is 6.02. The molecule has 132 valence electrons. The monoisotopic (exact) mass is 361 g/mol. The van der Waals surface area contributed by atoms with Crippen molar-refractivity contribution >= 4 is 17.7 Å². The highest BCUT2D eigenvalue weighted by Gasteiger charge is 2.28. The van der Waals surface area contributed by atoms with Crippen molar-refractivity contribution in [1.29, 1.82) is 0 Å². The highest BCUT2D eigenvalue weighted by molar-refractivity contribution is 7.99. The molecule has 0 saturated heterocycles. The third-order valence-corrected chi connectivity index (χ3v) is 5.06. The molecule has 2 aliphatic rings. The van der Waals surface area contributed by atoms with E-state index >= 15 is 0 Å². The van der Waals surface area contributed by atoms with E-state index < -0.39 is 0 Å². The molecule has 1 aromatic carbocycles. The highest BCUT2D eigenvalue weighted by Crippen LogP contribution is 2.36. The van der Waals surface area contributed by atoms with Crippen LogP contribution in [0.4, 0.5) is 0 Å². The van der Waals surface area contributed by atoms with Crippen molar-refractivity contribution in [1.82, 2.24) is 25.5 Å². The number of carbonyl (C=O) groups excluding carboxylic acids is 1. The predicted molar refractivity (Wildman–Crippen MR) is 90.8 cm³/mol. The minimum atomic E-state index is -0.122. The van der Waals surface area contributed by atoms with Gasteiger partial charge in [-0.25, -0.2) is 4.68 Å². The zero-order chi connectivity index (χ0) is 17.2. The van der Waals surface area contributed by atoms with Gasteiger partial charge in [-0.1, -0.05) is 17.8 Å². The summed E-state index contributed by atoms with van der Waals surface area (Å²) in [4.78, 5) is 12.2. The summed E-state index contributed by atoms with van der Waals surface area (Å²) in [7, 11) is 0. The van der Waals surface area contributed by atoms with Gasteiger partial charge in [-0.05, 0) is 47.9 Å². The fourth-order valence-corrected chi connectivity index (χ4v) is 3.41. The van der Waals surface area contributed by atoms with Crippen LogP contribution in [-0.4, -0.2) is 45.1 Å². The first-order valence-electron chi connectivity index (χ1n) is 8.30. The summed E-state index contributed by atoms with van der Waals surface area (Å²) in [5, 5.41) is 15.4. The lowest BCUT2D eigenvalue weighted by Crippen LogP contribution is -2.28. The lowest BCUT2D eigenvalue weighted by Gasteiger charge is -2.21. The molecule has 1 aliphatic carbocycles. The van der Waals surface area contributed by atoms with Gasteiger partial charge < -0.3 is 14.8 Å². The van der Waals surface area contributed by atoms with E-state index in [1.54, 1.807) is 0 Å². The minimum Gasteiger partial charge on any atom is -0.486 e. The topological polar surface area (TPSA) is 91.2 Å². The predicted octanol–water partition coefficient (Wildman–Crippen LogP) is 1.75. The number of rotatable bonds is 6. The van der Waals surface area contributed by atoms with Gasteiger partial charge in [0.1, 0.15) is 13.2 Å². The van der Waals surface area contributed by atoms with Crippen molar-refractivity contribution in [3.63, 3.8) is 0 Å². The number of tetrazole rings is 1. The normalized spacial score (nSPS) is 17.2. The van der Waals surface area contributed by atoms with Crippen LogP contribution < -0.4 is 14.8 Å². The number of nitrogens with zero attached hydrogens (tertiary/aromatic N) is 4. The van der Waals surface area contributed by atoms with Gasteiger partial charge in [-0.3, -0.25) is 4.79 Å². The molecule has 1 aromatic heterocycles. The average Bonchev–Trinajstić information content (AvgIpc) is 3.37. The Labute approximate surface area is 149 Å². The number of hydrogen-bond acceptors (Lipinski definition) is 7. The van der Waals surface area contributed by atoms with Crippen LogP contribution in [0.5, 0.6) is 11.5 Å². The van der Waals surface area contributed by atoms with Gasteiger partial charge in [0.15, 0.2) is 11.5 Å². The molecule has 0 bridgehead atoms. The lowest BCUT2D eigenvalue weighted by atomic mass is 10.1. The van der Waals surface area contributed by atoms with Crippen LogP contribution in [0.15, 0.2) is 23.4 Å².